The van der Waals surface area contributed by atoms with Crippen LogP contribution in [-0.4, -0.2) is 22.4 Å². The molecule has 0 bridgehead atoms. The molecule has 3 rings (SSSR count). The number of aliphatic imine (C=N–C) groups is 1. The summed E-state index contributed by atoms with van der Waals surface area (Å²) in [5, 5.41) is 7.26. The summed E-state index contributed by atoms with van der Waals surface area (Å²) in [6.45, 7) is 1.24. The minimum absolute atomic E-state index is 0.592. The summed E-state index contributed by atoms with van der Waals surface area (Å²) >= 11 is 9.46. The van der Waals surface area contributed by atoms with Gasteiger partial charge >= 0.3 is 0 Å². The topological polar surface area (TPSA) is 53.7 Å². The van der Waals surface area contributed by atoms with E-state index in [1.165, 1.54) is 0 Å². The fourth-order valence-electron chi connectivity index (χ4n) is 2.33. The van der Waals surface area contributed by atoms with Gasteiger partial charge in [0.2, 0.25) is 0 Å². The monoisotopic (exact) mass is 405 g/mol. The average molecular weight is 407 g/mol. The summed E-state index contributed by atoms with van der Waals surface area (Å²) in [4.78, 5) is 8.80. The molecule has 0 atom stereocenters. The maximum absolute atomic E-state index is 6.00. The Kier molecular flexibility index (Phi) is 5.37. The molecule has 0 aliphatic carbocycles. The quantitative estimate of drug-likeness (QED) is 0.514. The number of halogens is 2. The summed E-state index contributed by atoms with van der Waals surface area (Å²) in [7, 11) is 1.74. The van der Waals surface area contributed by atoms with Gasteiger partial charge in [-0.15, -0.1) is 0 Å². The fraction of sp³-hybridized carbons (Fsp3) is 0.176. The van der Waals surface area contributed by atoms with Crippen molar-refractivity contribution in [3.63, 3.8) is 0 Å². The Morgan fingerprint density at radius 1 is 1.21 bits per heavy atom. The maximum atomic E-state index is 6.00. The number of rotatable bonds is 4. The van der Waals surface area contributed by atoms with Crippen LogP contribution in [0.4, 0.5) is 0 Å². The van der Waals surface area contributed by atoms with Crippen LogP contribution in [0, 0.1) is 0 Å². The number of guanidine groups is 1. The van der Waals surface area contributed by atoms with Gasteiger partial charge in [-0.2, -0.15) is 0 Å². The predicted octanol–water partition coefficient (Wildman–Crippen LogP) is 3.62. The van der Waals surface area contributed by atoms with Crippen molar-refractivity contribution in [3.8, 4) is 0 Å². The maximum Gasteiger partial charge on any atom is 0.191 e. The molecule has 1 aromatic carbocycles. The third kappa shape index (κ3) is 4.27. The van der Waals surface area contributed by atoms with E-state index >= 15 is 0 Å². The van der Waals surface area contributed by atoms with E-state index in [2.05, 4.69) is 36.5 Å². The minimum atomic E-state index is 0.592. The molecule has 0 unspecified atom stereocenters. The second-order valence-electron chi connectivity index (χ2n) is 5.25. The Balaban J connectivity index is 1.59. The van der Waals surface area contributed by atoms with E-state index in [1.54, 1.807) is 7.05 Å². The molecule has 124 valence electrons. The Bertz CT molecular complexity index is 874. The van der Waals surface area contributed by atoms with Gasteiger partial charge in [-0.25, -0.2) is 4.98 Å². The Hall–Kier alpha value is -2.05. The van der Waals surface area contributed by atoms with Gasteiger partial charge in [0.05, 0.1) is 12.2 Å². The summed E-state index contributed by atoms with van der Waals surface area (Å²) in [5.41, 5.74) is 2.96. The van der Waals surface area contributed by atoms with E-state index < -0.39 is 0 Å². The number of pyridine rings is 1. The largest absolute Gasteiger partial charge is 0.352 e. The summed E-state index contributed by atoms with van der Waals surface area (Å²) in [5.74, 6) is 0.716. The highest BCUT2D eigenvalue weighted by Gasteiger charge is 2.04. The minimum Gasteiger partial charge on any atom is -0.352 e. The van der Waals surface area contributed by atoms with Gasteiger partial charge in [-0.3, -0.25) is 4.99 Å². The number of hydrogen-bond donors (Lipinski definition) is 2. The van der Waals surface area contributed by atoms with E-state index in [1.807, 2.05) is 53.2 Å². The van der Waals surface area contributed by atoms with E-state index in [9.17, 15) is 0 Å². The Morgan fingerprint density at radius 2 is 2.04 bits per heavy atom. The van der Waals surface area contributed by atoms with Crippen LogP contribution in [0.25, 0.3) is 5.65 Å². The van der Waals surface area contributed by atoms with Gasteiger partial charge in [0.15, 0.2) is 5.96 Å². The predicted molar refractivity (Wildman–Crippen MR) is 101 cm³/mol. The lowest BCUT2D eigenvalue weighted by Crippen LogP contribution is -2.36. The normalized spacial score (nSPS) is 11.7. The van der Waals surface area contributed by atoms with Crippen LogP contribution in [0.2, 0.25) is 5.02 Å². The van der Waals surface area contributed by atoms with Gasteiger partial charge < -0.3 is 15.0 Å². The summed E-state index contributed by atoms with van der Waals surface area (Å²) < 4.78 is 3.01. The third-order valence-corrected chi connectivity index (χ3v) is 4.18. The van der Waals surface area contributed by atoms with Gasteiger partial charge in [-0.05, 0) is 45.8 Å². The molecule has 0 amide bonds. The van der Waals surface area contributed by atoms with Crippen molar-refractivity contribution in [2.75, 3.05) is 7.05 Å². The first-order valence-electron chi connectivity index (χ1n) is 7.46. The molecule has 24 heavy (non-hydrogen) atoms. The molecule has 2 aromatic heterocycles. The molecule has 0 spiro atoms. The van der Waals surface area contributed by atoms with E-state index in [4.69, 9.17) is 11.6 Å². The highest BCUT2D eigenvalue weighted by atomic mass is 79.9. The van der Waals surface area contributed by atoms with E-state index in [0.717, 1.165) is 26.4 Å². The average Bonchev–Trinajstić information content (AvgIpc) is 2.97. The number of imidazole rings is 1. The molecular weight excluding hydrogens is 390 g/mol. The van der Waals surface area contributed by atoms with Crippen molar-refractivity contribution in [1.82, 2.24) is 20.0 Å². The van der Waals surface area contributed by atoms with Crippen molar-refractivity contribution in [2.24, 2.45) is 4.99 Å². The van der Waals surface area contributed by atoms with Crippen molar-refractivity contribution in [3.05, 3.63) is 69.5 Å². The van der Waals surface area contributed by atoms with Crippen LogP contribution in [0.15, 0.2) is 58.3 Å². The first-order valence-corrected chi connectivity index (χ1v) is 8.63. The van der Waals surface area contributed by atoms with E-state index in [0.29, 0.717) is 19.0 Å². The van der Waals surface area contributed by atoms with Crippen LogP contribution in [0.1, 0.15) is 11.3 Å². The highest BCUT2D eigenvalue weighted by Crippen LogP contribution is 2.12. The molecule has 2 N–H and O–H groups in total. The number of nitrogens with one attached hydrogen (secondary N) is 2. The molecule has 2 heterocycles. The van der Waals surface area contributed by atoms with Crippen LogP contribution in [-0.2, 0) is 13.1 Å². The third-order valence-electron chi connectivity index (χ3n) is 3.47. The lowest BCUT2D eigenvalue weighted by molar-refractivity contribution is 0.798. The molecule has 0 fully saturated rings. The van der Waals surface area contributed by atoms with Gasteiger partial charge in [0.25, 0.3) is 0 Å². The molecule has 0 saturated heterocycles. The zero-order chi connectivity index (χ0) is 16.9. The Labute approximate surface area is 153 Å². The number of benzene rings is 1. The lowest BCUT2D eigenvalue weighted by atomic mass is 10.2. The summed E-state index contributed by atoms with van der Waals surface area (Å²) in [6, 6.07) is 11.7. The van der Waals surface area contributed by atoms with Crippen molar-refractivity contribution in [1.29, 1.82) is 0 Å². The molecule has 0 aliphatic rings. The van der Waals surface area contributed by atoms with Gasteiger partial charge in [-0.1, -0.05) is 23.7 Å². The number of nitrogens with zero attached hydrogens (tertiary/aromatic N) is 3. The number of aromatic nitrogens is 2. The van der Waals surface area contributed by atoms with Crippen LogP contribution >= 0.6 is 27.5 Å². The summed E-state index contributed by atoms with van der Waals surface area (Å²) in [6.07, 6.45) is 3.98. The standard InChI is InChI=1S/C17H17BrClN5/c1-20-17(21-8-12-3-2-4-14(19)7-12)22-9-15-11-24-10-13(18)5-6-16(24)23-15/h2-7,10-11H,8-9H2,1H3,(H2,20,21,22). The molecule has 5 nitrogen and oxygen atoms in total. The second-order valence-corrected chi connectivity index (χ2v) is 6.61. The first kappa shape index (κ1) is 16.8. The van der Waals surface area contributed by atoms with Gasteiger partial charge in [0.1, 0.15) is 5.65 Å². The fourth-order valence-corrected chi connectivity index (χ4v) is 2.90. The molecule has 0 aliphatic heterocycles. The van der Waals surface area contributed by atoms with Crippen LogP contribution < -0.4 is 10.6 Å². The number of hydrogen-bond acceptors (Lipinski definition) is 2. The van der Waals surface area contributed by atoms with Crippen molar-refractivity contribution in [2.45, 2.75) is 13.1 Å². The Morgan fingerprint density at radius 3 is 2.83 bits per heavy atom. The molecule has 0 saturated carbocycles. The first-order chi connectivity index (χ1) is 11.6. The lowest BCUT2D eigenvalue weighted by Gasteiger charge is -2.11. The smallest absolute Gasteiger partial charge is 0.191 e. The van der Waals surface area contributed by atoms with Gasteiger partial charge in [0, 0.05) is 35.5 Å². The van der Waals surface area contributed by atoms with Crippen LogP contribution in [0.3, 0.4) is 0 Å². The SMILES string of the molecule is CN=C(NCc1cccc(Cl)c1)NCc1cn2cc(Br)ccc2n1. The molecule has 7 heteroatoms. The molecular formula is C17H17BrClN5. The zero-order valence-electron chi connectivity index (χ0n) is 13.1. The number of fused-ring (bicyclic) bond motifs is 1. The molecule has 0 radical (unpaired) electrons. The van der Waals surface area contributed by atoms with E-state index in [-0.39, 0.29) is 0 Å². The molecule has 3 aromatic rings. The van der Waals surface area contributed by atoms with Crippen molar-refractivity contribution < 1.29 is 0 Å². The highest BCUT2D eigenvalue weighted by molar-refractivity contribution is 9.10. The zero-order valence-corrected chi connectivity index (χ0v) is 15.5. The van der Waals surface area contributed by atoms with Crippen molar-refractivity contribution >= 4 is 39.1 Å². The van der Waals surface area contributed by atoms with Crippen LogP contribution in [0.5, 0.6) is 0 Å². The second kappa shape index (κ2) is 7.68.